The maximum atomic E-state index is 5.82. The lowest BCUT2D eigenvalue weighted by atomic mass is 10.3. The molecule has 3 N–H and O–H groups in total. The van der Waals surface area contributed by atoms with Crippen molar-refractivity contribution in [3.63, 3.8) is 0 Å². The lowest BCUT2D eigenvalue weighted by molar-refractivity contribution is 0.0855. The van der Waals surface area contributed by atoms with Gasteiger partial charge in [-0.2, -0.15) is 0 Å². The van der Waals surface area contributed by atoms with Crippen LogP contribution in [0.5, 0.6) is 0 Å². The molecule has 4 heteroatoms. The molecule has 0 fully saturated rings. The molecule has 0 saturated carbocycles. The van der Waals surface area contributed by atoms with Crippen molar-refractivity contribution >= 4 is 11.5 Å². The lowest BCUT2D eigenvalue weighted by Crippen LogP contribution is -2.20. The summed E-state index contributed by atoms with van der Waals surface area (Å²) >= 11 is 0. The second-order valence-corrected chi connectivity index (χ2v) is 3.60. The monoisotopic (exact) mass is 209 g/mol. The Balaban J connectivity index is 2.50. The molecule has 1 heterocycles. The SMILES string of the molecule is CCOC(C)CNc1ncc(C)cc1N. The Morgan fingerprint density at radius 2 is 2.33 bits per heavy atom. The molecule has 84 valence electrons. The third kappa shape index (κ3) is 3.75. The molecular weight excluding hydrogens is 190 g/mol. The van der Waals surface area contributed by atoms with Crippen LogP contribution in [0.2, 0.25) is 0 Å². The molecule has 0 amide bonds. The van der Waals surface area contributed by atoms with Crippen molar-refractivity contribution < 1.29 is 4.74 Å². The van der Waals surface area contributed by atoms with Crippen LogP contribution in [-0.2, 0) is 4.74 Å². The van der Waals surface area contributed by atoms with E-state index in [-0.39, 0.29) is 6.10 Å². The molecule has 0 spiro atoms. The van der Waals surface area contributed by atoms with Gasteiger partial charge in [0.05, 0.1) is 11.8 Å². The molecule has 0 aliphatic heterocycles. The van der Waals surface area contributed by atoms with Crippen molar-refractivity contribution in [3.8, 4) is 0 Å². The Labute approximate surface area is 90.8 Å². The van der Waals surface area contributed by atoms with E-state index < -0.39 is 0 Å². The summed E-state index contributed by atoms with van der Waals surface area (Å²) in [7, 11) is 0. The van der Waals surface area contributed by atoms with Gasteiger partial charge in [-0.25, -0.2) is 4.98 Å². The highest BCUT2D eigenvalue weighted by atomic mass is 16.5. The van der Waals surface area contributed by atoms with Gasteiger partial charge >= 0.3 is 0 Å². The Bertz CT molecular complexity index is 315. The first-order valence-corrected chi connectivity index (χ1v) is 5.21. The summed E-state index contributed by atoms with van der Waals surface area (Å²) in [6.07, 6.45) is 1.96. The number of pyridine rings is 1. The summed E-state index contributed by atoms with van der Waals surface area (Å²) in [6, 6.07) is 1.90. The van der Waals surface area contributed by atoms with Crippen LogP contribution in [0.3, 0.4) is 0 Å². The molecule has 1 rings (SSSR count). The number of rotatable bonds is 5. The smallest absolute Gasteiger partial charge is 0.149 e. The highest BCUT2D eigenvalue weighted by Gasteiger charge is 2.03. The van der Waals surface area contributed by atoms with Crippen LogP contribution in [0.25, 0.3) is 0 Å². The molecule has 15 heavy (non-hydrogen) atoms. The second-order valence-electron chi connectivity index (χ2n) is 3.60. The number of nitrogens with one attached hydrogen (secondary N) is 1. The highest BCUT2D eigenvalue weighted by Crippen LogP contribution is 2.15. The van der Waals surface area contributed by atoms with Crippen LogP contribution in [0, 0.1) is 6.92 Å². The van der Waals surface area contributed by atoms with Gasteiger partial charge in [-0.05, 0) is 32.4 Å². The highest BCUT2D eigenvalue weighted by molar-refractivity contribution is 5.61. The Hall–Kier alpha value is -1.29. The van der Waals surface area contributed by atoms with Crippen molar-refractivity contribution in [1.29, 1.82) is 0 Å². The number of anilines is 2. The minimum absolute atomic E-state index is 0.164. The molecule has 0 saturated heterocycles. The second kappa shape index (κ2) is 5.56. The van der Waals surface area contributed by atoms with Gasteiger partial charge in [-0.15, -0.1) is 0 Å². The summed E-state index contributed by atoms with van der Waals surface area (Å²) in [6.45, 7) is 7.40. The minimum Gasteiger partial charge on any atom is -0.396 e. The topological polar surface area (TPSA) is 60.2 Å². The fourth-order valence-electron chi connectivity index (χ4n) is 1.32. The largest absolute Gasteiger partial charge is 0.396 e. The maximum Gasteiger partial charge on any atom is 0.149 e. The van der Waals surface area contributed by atoms with E-state index in [2.05, 4.69) is 10.3 Å². The molecule has 0 aliphatic carbocycles. The van der Waals surface area contributed by atoms with E-state index in [1.54, 1.807) is 6.20 Å². The van der Waals surface area contributed by atoms with Gasteiger partial charge in [0.2, 0.25) is 0 Å². The van der Waals surface area contributed by atoms with Crippen LogP contribution < -0.4 is 11.1 Å². The Kier molecular flexibility index (Phi) is 4.37. The molecule has 4 nitrogen and oxygen atoms in total. The molecule has 1 aromatic heterocycles. The van der Waals surface area contributed by atoms with E-state index in [0.29, 0.717) is 12.2 Å². The number of hydrogen-bond acceptors (Lipinski definition) is 4. The molecule has 0 radical (unpaired) electrons. The van der Waals surface area contributed by atoms with E-state index in [9.17, 15) is 0 Å². The quantitative estimate of drug-likeness (QED) is 0.776. The predicted octanol–water partition coefficient (Wildman–Crippen LogP) is 1.81. The zero-order valence-electron chi connectivity index (χ0n) is 9.58. The summed E-state index contributed by atoms with van der Waals surface area (Å²) < 4.78 is 5.40. The molecule has 1 unspecified atom stereocenters. The number of nitrogen functional groups attached to an aromatic ring is 1. The molecule has 0 bridgehead atoms. The van der Waals surface area contributed by atoms with Crippen LogP contribution >= 0.6 is 0 Å². The summed E-state index contributed by atoms with van der Waals surface area (Å²) in [5.74, 6) is 0.729. The van der Waals surface area contributed by atoms with Crippen LogP contribution in [0.4, 0.5) is 11.5 Å². The average Bonchev–Trinajstić information content (AvgIpc) is 2.17. The van der Waals surface area contributed by atoms with Gasteiger partial charge in [0.25, 0.3) is 0 Å². The van der Waals surface area contributed by atoms with Gasteiger partial charge in [-0.3, -0.25) is 0 Å². The summed E-state index contributed by atoms with van der Waals surface area (Å²) in [4.78, 5) is 4.22. The van der Waals surface area contributed by atoms with Crippen LogP contribution in [0.1, 0.15) is 19.4 Å². The summed E-state index contributed by atoms with van der Waals surface area (Å²) in [5.41, 5.74) is 7.56. The normalized spacial score (nSPS) is 12.5. The fraction of sp³-hybridized carbons (Fsp3) is 0.545. The first kappa shape index (κ1) is 11.8. The van der Waals surface area contributed by atoms with Crippen molar-refractivity contribution in [2.75, 3.05) is 24.2 Å². The molecule has 0 aromatic carbocycles. The number of hydrogen-bond donors (Lipinski definition) is 2. The standard InChI is InChI=1S/C11H19N3O/c1-4-15-9(3)7-14-11-10(12)5-8(2)6-13-11/h5-6,9H,4,7,12H2,1-3H3,(H,13,14). The third-order valence-electron chi connectivity index (χ3n) is 2.06. The number of nitrogens with two attached hydrogens (primary N) is 1. The van der Waals surface area contributed by atoms with E-state index in [0.717, 1.165) is 18.0 Å². The van der Waals surface area contributed by atoms with Gasteiger partial charge < -0.3 is 15.8 Å². The summed E-state index contributed by atoms with van der Waals surface area (Å²) in [5, 5.41) is 3.16. The number of aromatic nitrogens is 1. The van der Waals surface area contributed by atoms with Gasteiger partial charge in [0.15, 0.2) is 0 Å². The Morgan fingerprint density at radius 1 is 1.60 bits per heavy atom. The average molecular weight is 209 g/mol. The predicted molar refractivity (Wildman–Crippen MR) is 63.0 cm³/mol. The molecular formula is C11H19N3O. The molecule has 0 aliphatic rings. The van der Waals surface area contributed by atoms with Crippen LogP contribution in [0.15, 0.2) is 12.3 Å². The molecule has 1 atom stereocenters. The van der Waals surface area contributed by atoms with Gasteiger partial charge in [0.1, 0.15) is 5.82 Å². The number of aryl methyl sites for hydroxylation is 1. The van der Waals surface area contributed by atoms with Crippen molar-refractivity contribution in [1.82, 2.24) is 4.98 Å². The maximum absolute atomic E-state index is 5.82. The molecule has 1 aromatic rings. The van der Waals surface area contributed by atoms with Crippen LogP contribution in [-0.4, -0.2) is 24.2 Å². The Morgan fingerprint density at radius 3 is 2.93 bits per heavy atom. The zero-order chi connectivity index (χ0) is 11.3. The number of ether oxygens (including phenoxy) is 1. The van der Waals surface area contributed by atoms with E-state index >= 15 is 0 Å². The first-order chi connectivity index (χ1) is 7.13. The van der Waals surface area contributed by atoms with E-state index in [1.807, 2.05) is 26.8 Å². The van der Waals surface area contributed by atoms with Crippen molar-refractivity contribution in [3.05, 3.63) is 17.8 Å². The number of nitrogens with zero attached hydrogens (tertiary/aromatic N) is 1. The van der Waals surface area contributed by atoms with Gasteiger partial charge in [-0.1, -0.05) is 0 Å². The first-order valence-electron chi connectivity index (χ1n) is 5.21. The van der Waals surface area contributed by atoms with E-state index in [1.165, 1.54) is 0 Å². The van der Waals surface area contributed by atoms with Crippen molar-refractivity contribution in [2.24, 2.45) is 0 Å². The van der Waals surface area contributed by atoms with Gasteiger partial charge in [0, 0.05) is 19.3 Å². The zero-order valence-corrected chi connectivity index (χ0v) is 9.58. The fourth-order valence-corrected chi connectivity index (χ4v) is 1.32. The van der Waals surface area contributed by atoms with E-state index in [4.69, 9.17) is 10.5 Å². The van der Waals surface area contributed by atoms with Crippen molar-refractivity contribution in [2.45, 2.75) is 26.9 Å². The lowest BCUT2D eigenvalue weighted by Gasteiger charge is -2.14. The minimum atomic E-state index is 0.164. The third-order valence-corrected chi connectivity index (χ3v) is 2.06.